The maximum atomic E-state index is 16.1. The number of hydrogen-bond donors (Lipinski definition) is 1. The van der Waals surface area contributed by atoms with Gasteiger partial charge in [0.2, 0.25) is 0 Å². The van der Waals surface area contributed by atoms with E-state index in [1.165, 1.54) is 18.5 Å². The molecule has 1 aromatic carbocycles. The molecule has 5 nitrogen and oxygen atoms in total. The molecule has 14 heteroatoms. The lowest BCUT2D eigenvalue weighted by atomic mass is 9.27. The summed E-state index contributed by atoms with van der Waals surface area (Å²) in [6.07, 6.45) is 2.63. The molecule has 1 fully saturated rings. The Balaban J connectivity index is 1.83. The van der Waals surface area contributed by atoms with Crippen molar-refractivity contribution in [2.45, 2.75) is 34.9 Å². The largest absolute Gasteiger partial charge is 0.351 e. The smallest absolute Gasteiger partial charge is 0.252 e. The molecule has 1 aliphatic heterocycles. The van der Waals surface area contributed by atoms with Gasteiger partial charge in [0, 0.05) is 36.4 Å². The fourth-order valence-electron chi connectivity index (χ4n) is 3.52. The standard InChI is InChI=1S/C19H15B6ClF2N4O/c1-10-7-29-15(30-8-10)17(20,21)31-9-16(28)4-5-32(19(24,25)18(16,22)23)14(33)11-2-3-13(27)12(26)6-11/h2-3,6-8,31H,4-5,9H2,1H3. The molecule has 2 aromatic rings. The van der Waals surface area contributed by atoms with Crippen LogP contribution in [-0.4, -0.2) is 91.9 Å². The molecule has 1 aromatic heterocycles. The van der Waals surface area contributed by atoms with Gasteiger partial charge in [-0.05, 0) is 42.4 Å². The quantitative estimate of drug-likeness (QED) is 0.663. The normalized spacial score (nSPS) is 22.1. The van der Waals surface area contributed by atoms with Crippen LogP contribution in [0.4, 0.5) is 8.78 Å². The number of benzene rings is 1. The number of carbonyl (C=O) groups excluding carboxylic acids is 1. The summed E-state index contributed by atoms with van der Waals surface area (Å²) in [7, 11) is 36.5. The third-order valence-electron chi connectivity index (χ3n) is 5.81. The maximum Gasteiger partial charge on any atom is 0.252 e. The molecule has 2 heterocycles. The molecule has 33 heavy (non-hydrogen) atoms. The van der Waals surface area contributed by atoms with Crippen molar-refractivity contribution in [3.8, 4) is 0 Å². The lowest BCUT2D eigenvalue weighted by Gasteiger charge is -2.62. The minimum absolute atomic E-state index is 0.00362. The maximum absolute atomic E-state index is 16.1. The second-order valence-corrected chi connectivity index (χ2v) is 8.71. The van der Waals surface area contributed by atoms with Crippen molar-refractivity contribution in [3.05, 3.63) is 58.4 Å². The van der Waals surface area contributed by atoms with Gasteiger partial charge in [0.1, 0.15) is 17.3 Å². The molecule has 1 aliphatic rings. The third kappa shape index (κ3) is 4.63. The van der Waals surface area contributed by atoms with E-state index in [1.54, 1.807) is 6.92 Å². The minimum atomic E-state index is -2.46. The summed E-state index contributed by atoms with van der Waals surface area (Å²) in [5.74, 6) is -1.47. The molecular formula is C19H15B6ClF2N4O. The van der Waals surface area contributed by atoms with Crippen molar-refractivity contribution in [3.63, 3.8) is 0 Å². The lowest BCUT2D eigenvalue weighted by Crippen LogP contribution is -2.73. The minimum Gasteiger partial charge on any atom is -0.351 e. The first-order valence-electron chi connectivity index (χ1n) is 9.86. The van der Waals surface area contributed by atoms with Crippen molar-refractivity contribution >= 4 is 64.6 Å². The van der Waals surface area contributed by atoms with Gasteiger partial charge in [0.05, 0.1) is 52.1 Å². The molecule has 156 valence electrons. The zero-order valence-electron chi connectivity index (χ0n) is 17.9. The monoisotopic (exact) mass is 454 g/mol. The Morgan fingerprint density at radius 2 is 1.85 bits per heavy atom. The predicted octanol–water partition coefficient (Wildman–Crippen LogP) is 0.313. The summed E-state index contributed by atoms with van der Waals surface area (Å²) in [4.78, 5) is 22.0. The average molecular weight is 454 g/mol. The lowest BCUT2D eigenvalue weighted by molar-refractivity contribution is 0.0132. The van der Waals surface area contributed by atoms with E-state index < -0.39 is 39.8 Å². The molecule has 1 atom stereocenters. The highest BCUT2D eigenvalue weighted by Gasteiger charge is 2.58. The van der Waals surface area contributed by atoms with Crippen LogP contribution in [0.3, 0.4) is 0 Å². The molecule has 0 saturated carbocycles. The van der Waals surface area contributed by atoms with Crippen LogP contribution in [0, 0.1) is 12.7 Å². The van der Waals surface area contributed by atoms with E-state index >= 15 is 4.39 Å². The summed E-state index contributed by atoms with van der Waals surface area (Å²) in [6, 6.07) is 3.29. The number of carbonyl (C=O) groups is 1. The Morgan fingerprint density at radius 3 is 2.42 bits per heavy atom. The number of nitrogens with one attached hydrogen (secondary N) is 1. The van der Waals surface area contributed by atoms with E-state index in [1.807, 2.05) is 0 Å². The number of alkyl halides is 1. The van der Waals surface area contributed by atoms with Crippen LogP contribution in [0.5, 0.6) is 0 Å². The van der Waals surface area contributed by atoms with Crippen LogP contribution >= 0.6 is 11.6 Å². The first-order chi connectivity index (χ1) is 15.1. The van der Waals surface area contributed by atoms with Gasteiger partial charge in [0.25, 0.3) is 5.91 Å². The zero-order valence-corrected chi connectivity index (χ0v) is 18.6. The predicted molar refractivity (Wildman–Crippen MR) is 127 cm³/mol. The van der Waals surface area contributed by atoms with Gasteiger partial charge in [-0.25, -0.2) is 18.7 Å². The number of likely N-dealkylation sites (tertiary alicyclic amines) is 1. The highest BCUT2D eigenvalue weighted by Crippen LogP contribution is 2.51. The van der Waals surface area contributed by atoms with Crippen molar-refractivity contribution < 1.29 is 13.6 Å². The Morgan fingerprint density at radius 1 is 1.24 bits per heavy atom. The van der Waals surface area contributed by atoms with E-state index in [9.17, 15) is 9.18 Å². The van der Waals surface area contributed by atoms with Crippen molar-refractivity contribution in [1.29, 1.82) is 0 Å². The highest BCUT2D eigenvalue weighted by atomic mass is 35.5. The number of piperidine rings is 1. The van der Waals surface area contributed by atoms with E-state index in [0.29, 0.717) is 0 Å². The van der Waals surface area contributed by atoms with Crippen LogP contribution in [-0.2, 0) is 5.34 Å². The number of amides is 1. The van der Waals surface area contributed by atoms with E-state index in [2.05, 4.69) is 15.3 Å². The molecule has 0 aliphatic carbocycles. The van der Waals surface area contributed by atoms with Gasteiger partial charge in [-0.15, -0.1) is 0 Å². The number of aryl methyl sites for hydroxylation is 1. The number of rotatable bonds is 5. The molecular weight excluding hydrogens is 439 g/mol. The van der Waals surface area contributed by atoms with Crippen molar-refractivity contribution in [1.82, 2.24) is 20.2 Å². The SMILES string of the molecule is [B]C([B])(NCC1(F)CCN(C(=O)c2ccc(F)c(Cl)c2)C([B])([B])C1([B])[B])c1ncc(C)cn1. The van der Waals surface area contributed by atoms with E-state index in [0.717, 1.165) is 22.6 Å². The second kappa shape index (κ2) is 8.80. The topological polar surface area (TPSA) is 58.1 Å². The van der Waals surface area contributed by atoms with Gasteiger partial charge in [0.15, 0.2) is 0 Å². The number of aromatic nitrogens is 2. The Bertz CT molecular complexity index is 1060. The zero-order chi connectivity index (χ0) is 24.8. The second-order valence-electron chi connectivity index (χ2n) is 8.30. The van der Waals surface area contributed by atoms with Crippen LogP contribution in [0.1, 0.15) is 28.2 Å². The molecule has 0 bridgehead atoms. The Kier molecular flexibility index (Phi) is 6.91. The van der Waals surface area contributed by atoms with Gasteiger partial charge in [-0.3, -0.25) is 4.79 Å². The van der Waals surface area contributed by atoms with Crippen LogP contribution < -0.4 is 5.32 Å². The fraction of sp³-hybridized carbons (Fsp3) is 0.421. The first-order valence-corrected chi connectivity index (χ1v) is 10.2. The summed E-state index contributed by atoms with van der Waals surface area (Å²) in [6.45, 7) is 0.930. The van der Waals surface area contributed by atoms with Gasteiger partial charge in [-0.1, -0.05) is 16.8 Å². The van der Waals surface area contributed by atoms with E-state index in [4.69, 9.17) is 58.7 Å². The average Bonchev–Trinajstić information content (AvgIpc) is 2.73. The molecule has 1 N–H and O–H groups in total. The van der Waals surface area contributed by atoms with Gasteiger partial charge < -0.3 is 10.2 Å². The fourth-order valence-corrected chi connectivity index (χ4v) is 3.70. The summed E-state index contributed by atoms with van der Waals surface area (Å²) >= 11 is 5.75. The van der Waals surface area contributed by atoms with Crippen molar-refractivity contribution in [2.24, 2.45) is 0 Å². The first kappa shape index (κ1) is 25.9. The molecule has 1 saturated heterocycles. The van der Waals surface area contributed by atoms with Crippen LogP contribution in [0.2, 0.25) is 10.2 Å². The summed E-state index contributed by atoms with van der Waals surface area (Å²) < 4.78 is 29.6. The summed E-state index contributed by atoms with van der Waals surface area (Å²) in [5, 5.41) is -4.32. The molecule has 1 amide bonds. The molecule has 12 radical (unpaired) electrons. The molecule has 3 rings (SSSR count). The van der Waals surface area contributed by atoms with Crippen molar-refractivity contribution in [2.75, 3.05) is 13.1 Å². The van der Waals surface area contributed by atoms with Gasteiger partial charge >= 0.3 is 0 Å². The summed E-state index contributed by atoms with van der Waals surface area (Å²) in [5.41, 5.74) is -1.71. The number of halogens is 3. The Hall–Kier alpha value is -1.73. The van der Waals surface area contributed by atoms with E-state index in [-0.39, 0.29) is 29.4 Å². The van der Waals surface area contributed by atoms with Crippen LogP contribution in [0.25, 0.3) is 0 Å². The molecule has 1 unspecified atom stereocenters. The number of nitrogens with zero attached hydrogens (tertiary/aromatic N) is 3. The third-order valence-corrected chi connectivity index (χ3v) is 6.10. The highest BCUT2D eigenvalue weighted by molar-refractivity contribution is 6.55. The molecule has 0 spiro atoms. The van der Waals surface area contributed by atoms with Gasteiger partial charge in [-0.2, -0.15) is 0 Å². The number of hydrogen-bond acceptors (Lipinski definition) is 4. The Labute approximate surface area is 204 Å². The van der Waals surface area contributed by atoms with Crippen LogP contribution in [0.15, 0.2) is 30.6 Å².